The summed E-state index contributed by atoms with van der Waals surface area (Å²) in [6.45, 7) is 0.703. The van der Waals surface area contributed by atoms with E-state index < -0.39 is 18.0 Å². The quantitative estimate of drug-likeness (QED) is 0.730. The normalized spacial score (nSPS) is 11.3. The topological polar surface area (TPSA) is 75.6 Å². The van der Waals surface area contributed by atoms with E-state index in [0.717, 1.165) is 0 Å². The number of ether oxygens (including phenoxy) is 1. The van der Waals surface area contributed by atoms with Crippen LogP contribution in [0.4, 0.5) is 8.78 Å². The molecule has 5 nitrogen and oxygen atoms in total. The molecule has 0 heterocycles. The molecular weight excluding hydrogens is 308 g/mol. The highest BCUT2D eigenvalue weighted by Crippen LogP contribution is 2.25. The van der Waals surface area contributed by atoms with Gasteiger partial charge >= 0.3 is 12.6 Å². The summed E-state index contributed by atoms with van der Waals surface area (Å²) in [6, 6.07) is 5.74. The molecule has 7 heteroatoms. The number of carboxylic acids is 1. The van der Waals surface area contributed by atoms with Crippen molar-refractivity contribution in [3.8, 4) is 5.75 Å². The van der Waals surface area contributed by atoms with E-state index in [1.807, 2.05) is 0 Å². The predicted molar refractivity (Wildman–Crippen MR) is 80.4 cm³/mol. The average Bonchev–Trinajstić information content (AvgIpc) is 2.50. The molecule has 128 valence electrons. The van der Waals surface area contributed by atoms with E-state index in [-0.39, 0.29) is 24.6 Å². The van der Waals surface area contributed by atoms with E-state index in [9.17, 15) is 23.5 Å². The van der Waals surface area contributed by atoms with Crippen LogP contribution in [0.5, 0.6) is 5.75 Å². The van der Waals surface area contributed by atoms with Crippen molar-refractivity contribution in [1.29, 1.82) is 0 Å². The molecule has 0 saturated heterocycles. The lowest BCUT2D eigenvalue weighted by Gasteiger charge is -2.26. The highest BCUT2D eigenvalue weighted by Gasteiger charge is 2.35. The van der Waals surface area contributed by atoms with Crippen LogP contribution in [-0.2, 0) is 16.0 Å². The fourth-order valence-electron chi connectivity index (χ4n) is 2.18. The zero-order valence-electron chi connectivity index (χ0n) is 13.1. The Morgan fingerprint density at radius 1 is 1.22 bits per heavy atom. The van der Waals surface area contributed by atoms with Crippen LogP contribution in [0.1, 0.15) is 32.3 Å². The maximum absolute atomic E-state index is 12.0. The van der Waals surface area contributed by atoms with Crippen molar-refractivity contribution >= 4 is 11.9 Å². The van der Waals surface area contributed by atoms with E-state index in [1.54, 1.807) is 13.8 Å². The zero-order valence-corrected chi connectivity index (χ0v) is 13.1. The second-order valence-corrected chi connectivity index (χ2v) is 5.27. The van der Waals surface area contributed by atoms with Crippen LogP contribution in [0.25, 0.3) is 0 Å². The summed E-state index contributed by atoms with van der Waals surface area (Å²) in [6.07, 6.45) is 0.871. The second-order valence-electron chi connectivity index (χ2n) is 5.27. The van der Waals surface area contributed by atoms with E-state index in [2.05, 4.69) is 10.1 Å². The third-order valence-electron chi connectivity index (χ3n) is 3.94. The molecule has 0 fully saturated rings. The van der Waals surface area contributed by atoms with Crippen molar-refractivity contribution in [2.45, 2.75) is 39.7 Å². The third kappa shape index (κ3) is 5.50. The van der Waals surface area contributed by atoms with E-state index >= 15 is 0 Å². The minimum atomic E-state index is -2.89. The first-order valence-electron chi connectivity index (χ1n) is 7.37. The van der Waals surface area contributed by atoms with Gasteiger partial charge in [0.15, 0.2) is 0 Å². The van der Waals surface area contributed by atoms with Gasteiger partial charge in [-0.3, -0.25) is 9.59 Å². The second kappa shape index (κ2) is 8.45. The van der Waals surface area contributed by atoms with Gasteiger partial charge in [0, 0.05) is 6.54 Å². The molecule has 0 bridgehead atoms. The lowest BCUT2D eigenvalue weighted by molar-refractivity contribution is -0.149. The minimum absolute atomic E-state index is 0.0195. The van der Waals surface area contributed by atoms with Gasteiger partial charge in [0.05, 0.1) is 11.8 Å². The van der Waals surface area contributed by atoms with Crippen LogP contribution in [0.2, 0.25) is 0 Å². The van der Waals surface area contributed by atoms with Crippen LogP contribution < -0.4 is 10.1 Å². The molecule has 1 aromatic carbocycles. The van der Waals surface area contributed by atoms with Gasteiger partial charge in [0.2, 0.25) is 5.91 Å². The van der Waals surface area contributed by atoms with Crippen LogP contribution >= 0.6 is 0 Å². The van der Waals surface area contributed by atoms with Crippen LogP contribution in [0, 0.1) is 5.41 Å². The Hall–Kier alpha value is -2.18. The van der Waals surface area contributed by atoms with Crippen molar-refractivity contribution in [3.05, 3.63) is 29.8 Å². The maximum Gasteiger partial charge on any atom is 0.387 e. The smallest absolute Gasteiger partial charge is 0.387 e. The average molecular weight is 329 g/mol. The number of hydrogen-bond acceptors (Lipinski definition) is 3. The molecule has 0 unspecified atom stereocenters. The molecule has 0 aromatic heterocycles. The van der Waals surface area contributed by atoms with Crippen LogP contribution in [0.3, 0.4) is 0 Å². The Kier molecular flexibility index (Phi) is 6.93. The highest BCUT2D eigenvalue weighted by molar-refractivity contribution is 5.80. The molecular formula is C16H21F2NO4. The van der Waals surface area contributed by atoms with Gasteiger partial charge in [-0.05, 0) is 30.5 Å². The highest BCUT2D eigenvalue weighted by atomic mass is 19.3. The zero-order chi connectivity index (χ0) is 17.5. The molecule has 1 amide bonds. The molecule has 0 atom stereocenters. The van der Waals surface area contributed by atoms with Gasteiger partial charge < -0.3 is 15.2 Å². The Bertz CT molecular complexity index is 527. The van der Waals surface area contributed by atoms with Crippen molar-refractivity contribution in [2.24, 2.45) is 5.41 Å². The first-order chi connectivity index (χ1) is 10.8. The number of carbonyl (C=O) groups excluding carboxylic acids is 1. The van der Waals surface area contributed by atoms with Crippen molar-refractivity contribution in [2.75, 3.05) is 6.54 Å². The van der Waals surface area contributed by atoms with Gasteiger partial charge in [0.1, 0.15) is 5.75 Å². The summed E-state index contributed by atoms with van der Waals surface area (Å²) >= 11 is 0. The van der Waals surface area contributed by atoms with Crippen molar-refractivity contribution < 1.29 is 28.2 Å². The van der Waals surface area contributed by atoms with Gasteiger partial charge in [-0.15, -0.1) is 0 Å². The lowest BCUT2D eigenvalue weighted by atomic mass is 9.82. The Labute approximate surface area is 133 Å². The summed E-state index contributed by atoms with van der Waals surface area (Å²) in [7, 11) is 0. The number of aliphatic carboxylic acids is 1. The number of alkyl halides is 2. The number of halogens is 2. The largest absolute Gasteiger partial charge is 0.481 e. The number of carboxylic acid groups (broad SMARTS) is 1. The van der Waals surface area contributed by atoms with Gasteiger partial charge in [0.25, 0.3) is 0 Å². The van der Waals surface area contributed by atoms with Gasteiger partial charge in [-0.2, -0.15) is 8.78 Å². The first-order valence-corrected chi connectivity index (χ1v) is 7.37. The van der Waals surface area contributed by atoms with E-state index in [4.69, 9.17) is 0 Å². The molecule has 0 aliphatic rings. The summed E-state index contributed by atoms with van der Waals surface area (Å²) in [5, 5.41) is 11.9. The summed E-state index contributed by atoms with van der Waals surface area (Å²) in [4.78, 5) is 23.3. The predicted octanol–water partition coefficient (Wildman–Crippen LogP) is 2.84. The Balaban J connectivity index is 2.58. The van der Waals surface area contributed by atoms with Crippen LogP contribution in [0.15, 0.2) is 24.3 Å². The van der Waals surface area contributed by atoms with Crippen molar-refractivity contribution in [3.63, 3.8) is 0 Å². The molecule has 0 radical (unpaired) electrons. The Morgan fingerprint density at radius 2 is 1.78 bits per heavy atom. The molecule has 0 aliphatic carbocycles. The number of nitrogens with one attached hydrogen (secondary N) is 1. The molecule has 1 rings (SSSR count). The monoisotopic (exact) mass is 329 g/mol. The number of amides is 1. The first kappa shape index (κ1) is 18.9. The summed E-state index contributed by atoms with van der Waals surface area (Å²) < 4.78 is 28.3. The third-order valence-corrected chi connectivity index (χ3v) is 3.94. The van der Waals surface area contributed by atoms with Gasteiger partial charge in [-0.25, -0.2) is 0 Å². The van der Waals surface area contributed by atoms with E-state index in [0.29, 0.717) is 18.4 Å². The van der Waals surface area contributed by atoms with E-state index in [1.165, 1.54) is 24.3 Å². The molecule has 0 aliphatic heterocycles. The lowest BCUT2D eigenvalue weighted by Crippen LogP contribution is -2.42. The number of carbonyl (C=O) groups is 2. The maximum atomic E-state index is 12.0. The number of benzene rings is 1. The fourth-order valence-corrected chi connectivity index (χ4v) is 2.18. The standard InChI is InChI=1S/C16H21F2NO4/c1-3-16(4-2,14(21)22)10-19-13(20)9-11-5-7-12(8-6-11)23-15(17)18/h5-8,15H,3-4,9-10H2,1-2H3,(H,19,20)(H,21,22). The summed E-state index contributed by atoms with van der Waals surface area (Å²) in [5.41, 5.74) is -0.344. The number of hydrogen-bond donors (Lipinski definition) is 2. The van der Waals surface area contributed by atoms with Crippen LogP contribution in [-0.4, -0.2) is 30.1 Å². The van der Waals surface area contributed by atoms with Crippen molar-refractivity contribution in [1.82, 2.24) is 5.32 Å². The molecule has 1 aromatic rings. The SMILES string of the molecule is CCC(CC)(CNC(=O)Cc1ccc(OC(F)F)cc1)C(=O)O. The number of rotatable bonds is 9. The summed E-state index contributed by atoms with van der Waals surface area (Å²) in [5.74, 6) is -1.23. The molecule has 0 spiro atoms. The Morgan fingerprint density at radius 3 is 2.22 bits per heavy atom. The minimum Gasteiger partial charge on any atom is -0.481 e. The fraction of sp³-hybridized carbons (Fsp3) is 0.500. The molecule has 23 heavy (non-hydrogen) atoms. The van der Waals surface area contributed by atoms with Gasteiger partial charge in [-0.1, -0.05) is 26.0 Å². The molecule has 2 N–H and O–H groups in total. The molecule has 0 saturated carbocycles.